The summed E-state index contributed by atoms with van der Waals surface area (Å²) >= 11 is 0. The Bertz CT molecular complexity index is 253. The van der Waals surface area contributed by atoms with E-state index in [0.29, 0.717) is 0 Å². The van der Waals surface area contributed by atoms with E-state index in [9.17, 15) is 4.79 Å². The molecule has 0 saturated heterocycles. The molecule has 4 heteroatoms. The van der Waals surface area contributed by atoms with Crippen LogP contribution >= 0.6 is 0 Å². The zero-order chi connectivity index (χ0) is 12.1. The van der Waals surface area contributed by atoms with Gasteiger partial charge in [-0.15, -0.1) is 0 Å². The molecule has 0 aliphatic heterocycles. The SMILES string of the molecule is C=COC(C)(C)OC(=C)C(=O)OC(C)C. The molecule has 0 fully saturated rings. The molecule has 0 amide bonds. The fraction of sp³-hybridized carbons (Fsp3) is 0.545. The second-order valence-electron chi connectivity index (χ2n) is 3.66. The lowest BCUT2D eigenvalue weighted by Gasteiger charge is -2.25. The fourth-order valence-electron chi connectivity index (χ4n) is 0.843. The van der Waals surface area contributed by atoms with Gasteiger partial charge >= 0.3 is 5.97 Å². The summed E-state index contributed by atoms with van der Waals surface area (Å²) in [5, 5.41) is 0. The van der Waals surface area contributed by atoms with Gasteiger partial charge < -0.3 is 14.2 Å². The number of hydrogen-bond acceptors (Lipinski definition) is 4. The lowest BCUT2D eigenvalue weighted by molar-refractivity contribution is -0.175. The average Bonchev–Trinajstić information content (AvgIpc) is 2.01. The molecule has 0 spiro atoms. The van der Waals surface area contributed by atoms with Crippen LogP contribution in [0.25, 0.3) is 0 Å². The van der Waals surface area contributed by atoms with E-state index in [-0.39, 0.29) is 11.9 Å². The van der Waals surface area contributed by atoms with Gasteiger partial charge in [0.05, 0.1) is 12.4 Å². The highest BCUT2D eigenvalue weighted by atomic mass is 16.7. The van der Waals surface area contributed by atoms with Gasteiger partial charge in [-0.05, 0) is 20.4 Å². The molecule has 0 aliphatic carbocycles. The van der Waals surface area contributed by atoms with Crippen LogP contribution in [-0.4, -0.2) is 17.9 Å². The highest BCUT2D eigenvalue weighted by Gasteiger charge is 2.24. The van der Waals surface area contributed by atoms with Crippen LogP contribution in [0.4, 0.5) is 0 Å². The van der Waals surface area contributed by atoms with Crippen LogP contribution < -0.4 is 0 Å². The van der Waals surface area contributed by atoms with Crippen molar-refractivity contribution in [2.24, 2.45) is 0 Å². The molecule has 15 heavy (non-hydrogen) atoms. The van der Waals surface area contributed by atoms with E-state index < -0.39 is 11.8 Å². The maximum absolute atomic E-state index is 11.3. The normalized spacial score (nSPS) is 10.7. The molecule has 0 rings (SSSR count). The summed E-state index contributed by atoms with van der Waals surface area (Å²) in [5.74, 6) is -1.66. The van der Waals surface area contributed by atoms with Crippen molar-refractivity contribution in [1.29, 1.82) is 0 Å². The van der Waals surface area contributed by atoms with Crippen molar-refractivity contribution >= 4 is 5.97 Å². The molecule has 0 bridgehead atoms. The maximum Gasteiger partial charge on any atom is 0.373 e. The Morgan fingerprint density at radius 1 is 1.40 bits per heavy atom. The van der Waals surface area contributed by atoms with E-state index in [1.54, 1.807) is 27.7 Å². The van der Waals surface area contributed by atoms with Crippen molar-refractivity contribution in [2.75, 3.05) is 0 Å². The minimum absolute atomic E-state index is 0.0875. The predicted molar refractivity (Wildman–Crippen MR) is 56.8 cm³/mol. The zero-order valence-corrected chi connectivity index (χ0v) is 9.70. The first-order valence-corrected chi connectivity index (χ1v) is 4.66. The second-order valence-corrected chi connectivity index (χ2v) is 3.66. The Morgan fingerprint density at radius 2 is 1.93 bits per heavy atom. The molecule has 86 valence electrons. The largest absolute Gasteiger partial charge is 0.461 e. The van der Waals surface area contributed by atoms with Crippen molar-refractivity contribution in [3.8, 4) is 0 Å². The van der Waals surface area contributed by atoms with Crippen LogP contribution in [0.1, 0.15) is 27.7 Å². The van der Waals surface area contributed by atoms with E-state index in [0.717, 1.165) is 0 Å². The zero-order valence-electron chi connectivity index (χ0n) is 9.70. The van der Waals surface area contributed by atoms with Crippen molar-refractivity contribution in [2.45, 2.75) is 39.6 Å². The smallest absolute Gasteiger partial charge is 0.373 e. The Kier molecular flexibility index (Phi) is 4.91. The first kappa shape index (κ1) is 13.5. The number of carbonyl (C=O) groups is 1. The van der Waals surface area contributed by atoms with Crippen LogP contribution in [0.2, 0.25) is 0 Å². The Balaban J connectivity index is 4.23. The fourth-order valence-corrected chi connectivity index (χ4v) is 0.843. The third-order valence-electron chi connectivity index (χ3n) is 1.31. The number of rotatable bonds is 6. The molecule has 0 atom stereocenters. The summed E-state index contributed by atoms with van der Waals surface area (Å²) in [6.07, 6.45) is 1.03. The minimum atomic E-state index is -0.977. The van der Waals surface area contributed by atoms with Gasteiger partial charge in [-0.25, -0.2) is 4.79 Å². The van der Waals surface area contributed by atoms with E-state index in [1.165, 1.54) is 6.26 Å². The van der Waals surface area contributed by atoms with E-state index in [1.807, 2.05) is 0 Å². The Hall–Kier alpha value is -1.45. The van der Waals surface area contributed by atoms with Crippen LogP contribution in [0, 0.1) is 0 Å². The Morgan fingerprint density at radius 3 is 2.33 bits per heavy atom. The topological polar surface area (TPSA) is 44.8 Å². The number of ether oxygens (including phenoxy) is 3. The molecular weight excluding hydrogens is 196 g/mol. The summed E-state index contributed by atoms with van der Waals surface area (Å²) in [7, 11) is 0. The molecule has 0 aromatic heterocycles. The van der Waals surface area contributed by atoms with Crippen molar-refractivity contribution in [3.05, 3.63) is 25.2 Å². The molecular formula is C11H18O4. The summed E-state index contributed by atoms with van der Waals surface area (Å²) in [4.78, 5) is 11.3. The lowest BCUT2D eigenvalue weighted by atomic mass is 10.4. The first-order chi connectivity index (χ1) is 6.78. The quantitative estimate of drug-likeness (QED) is 0.295. The van der Waals surface area contributed by atoms with E-state index in [2.05, 4.69) is 13.2 Å². The molecule has 4 nitrogen and oxygen atoms in total. The van der Waals surface area contributed by atoms with Gasteiger partial charge in [0.15, 0.2) is 0 Å². The predicted octanol–water partition coefficient (Wildman–Crippen LogP) is 2.36. The van der Waals surface area contributed by atoms with Gasteiger partial charge in [-0.1, -0.05) is 6.58 Å². The molecule has 0 aliphatic rings. The number of esters is 1. The maximum atomic E-state index is 11.3. The van der Waals surface area contributed by atoms with Crippen molar-refractivity contribution in [3.63, 3.8) is 0 Å². The molecule has 0 aromatic carbocycles. The highest BCUT2D eigenvalue weighted by molar-refractivity contribution is 5.85. The summed E-state index contributed by atoms with van der Waals surface area (Å²) in [6, 6.07) is 0. The Labute approximate surface area is 90.5 Å². The van der Waals surface area contributed by atoms with Gasteiger partial charge in [0.1, 0.15) is 0 Å². The summed E-state index contributed by atoms with van der Waals surface area (Å²) < 4.78 is 15.1. The number of hydrogen-bond donors (Lipinski definition) is 0. The van der Waals surface area contributed by atoms with Gasteiger partial charge in [0, 0.05) is 13.8 Å². The van der Waals surface area contributed by atoms with Gasteiger partial charge in [0.25, 0.3) is 0 Å². The summed E-state index contributed by atoms with van der Waals surface area (Å²) in [6.45, 7) is 13.6. The van der Waals surface area contributed by atoms with E-state index in [4.69, 9.17) is 14.2 Å². The second kappa shape index (κ2) is 5.44. The molecule has 0 radical (unpaired) electrons. The third-order valence-corrected chi connectivity index (χ3v) is 1.31. The molecule has 0 N–H and O–H groups in total. The van der Waals surface area contributed by atoms with Gasteiger partial charge in [-0.3, -0.25) is 0 Å². The van der Waals surface area contributed by atoms with Gasteiger partial charge in [-0.2, -0.15) is 0 Å². The minimum Gasteiger partial charge on any atom is -0.461 e. The summed E-state index contributed by atoms with van der Waals surface area (Å²) in [5.41, 5.74) is 0. The van der Waals surface area contributed by atoms with E-state index >= 15 is 0 Å². The number of carbonyl (C=O) groups excluding carboxylic acids is 1. The monoisotopic (exact) mass is 214 g/mol. The van der Waals surface area contributed by atoms with Crippen LogP contribution in [0.3, 0.4) is 0 Å². The average molecular weight is 214 g/mol. The van der Waals surface area contributed by atoms with Crippen molar-refractivity contribution < 1.29 is 19.0 Å². The molecule has 0 unspecified atom stereocenters. The molecule has 0 heterocycles. The van der Waals surface area contributed by atoms with Gasteiger partial charge in [0.2, 0.25) is 11.5 Å². The highest BCUT2D eigenvalue weighted by Crippen LogP contribution is 2.16. The molecule has 0 saturated carbocycles. The lowest BCUT2D eigenvalue weighted by Crippen LogP contribution is -2.28. The van der Waals surface area contributed by atoms with Crippen LogP contribution in [-0.2, 0) is 19.0 Å². The molecule has 0 aromatic rings. The van der Waals surface area contributed by atoms with Crippen molar-refractivity contribution in [1.82, 2.24) is 0 Å². The van der Waals surface area contributed by atoms with Crippen LogP contribution in [0.5, 0.6) is 0 Å². The third kappa shape index (κ3) is 5.78. The standard InChI is InChI=1S/C11H18O4/c1-7-13-11(5,6)15-9(4)10(12)14-8(2)3/h7-8H,1,4H2,2-3,5-6H3. The van der Waals surface area contributed by atoms with Crippen LogP contribution in [0.15, 0.2) is 25.2 Å². The first-order valence-electron chi connectivity index (χ1n) is 4.66.